The Labute approximate surface area is 127 Å². The molecule has 0 amide bonds. The molecule has 21 heavy (non-hydrogen) atoms. The van der Waals surface area contributed by atoms with Gasteiger partial charge < -0.3 is 16.0 Å². The highest BCUT2D eigenvalue weighted by atomic mass is 15.3. The van der Waals surface area contributed by atoms with E-state index >= 15 is 0 Å². The van der Waals surface area contributed by atoms with Crippen molar-refractivity contribution in [2.45, 2.75) is 32.7 Å². The molecular formula is C15H28N6. The minimum atomic E-state index is 0.275. The number of anilines is 2. The first-order valence-corrected chi connectivity index (χ1v) is 7.65. The van der Waals surface area contributed by atoms with E-state index in [1.807, 2.05) is 6.92 Å². The average molecular weight is 292 g/mol. The Morgan fingerprint density at radius 2 is 2.00 bits per heavy atom. The first-order chi connectivity index (χ1) is 9.88. The Morgan fingerprint density at radius 3 is 2.67 bits per heavy atom. The zero-order valence-corrected chi connectivity index (χ0v) is 13.8. The van der Waals surface area contributed by atoms with E-state index in [2.05, 4.69) is 53.0 Å². The number of nitrogen functional groups attached to an aromatic ring is 1. The highest BCUT2D eigenvalue weighted by molar-refractivity contribution is 5.55. The second-order valence-electron chi connectivity index (χ2n) is 6.37. The van der Waals surface area contributed by atoms with Crippen LogP contribution in [0.5, 0.6) is 0 Å². The first kappa shape index (κ1) is 16.0. The van der Waals surface area contributed by atoms with Gasteiger partial charge in [0.2, 0.25) is 0 Å². The number of nitrogens with one attached hydrogen (secondary N) is 1. The third-order valence-electron chi connectivity index (χ3n) is 4.20. The van der Waals surface area contributed by atoms with Gasteiger partial charge in [-0.1, -0.05) is 13.8 Å². The third-order valence-corrected chi connectivity index (χ3v) is 4.20. The van der Waals surface area contributed by atoms with Crippen LogP contribution in [0.4, 0.5) is 11.6 Å². The summed E-state index contributed by atoms with van der Waals surface area (Å²) in [5, 5.41) is 3.47. The number of piperazine rings is 1. The molecule has 0 bridgehead atoms. The van der Waals surface area contributed by atoms with Gasteiger partial charge in [-0.2, -0.15) is 0 Å². The number of aromatic nitrogens is 2. The Bertz CT molecular complexity index is 487. The highest BCUT2D eigenvalue weighted by Crippen LogP contribution is 2.21. The number of nitrogens with zero attached hydrogens (tertiary/aromatic N) is 4. The zero-order valence-electron chi connectivity index (χ0n) is 13.8. The normalized spacial score (nSPS) is 21.0. The van der Waals surface area contributed by atoms with Crippen molar-refractivity contribution in [3.05, 3.63) is 11.4 Å². The maximum Gasteiger partial charge on any atom is 0.135 e. The standard InChI is InChI=1S/C15H28N6/c1-10(2)14-18-13(16)11(3)15(19-14)17-8-12-9-20(4)6-7-21(12)5/h10,12H,6-9H2,1-5H3,(H3,16,17,18,19). The number of hydrogen-bond acceptors (Lipinski definition) is 6. The predicted molar refractivity (Wildman–Crippen MR) is 87.7 cm³/mol. The second kappa shape index (κ2) is 6.58. The van der Waals surface area contributed by atoms with Gasteiger partial charge in [0.1, 0.15) is 17.5 Å². The van der Waals surface area contributed by atoms with Crippen molar-refractivity contribution in [1.82, 2.24) is 19.8 Å². The van der Waals surface area contributed by atoms with E-state index < -0.39 is 0 Å². The fraction of sp³-hybridized carbons (Fsp3) is 0.733. The largest absolute Gasteiger partial charge is 0.383 e. The minimum absolute atomic E-state index is 0.275. The molecule has 1 aliphatic heterocycles. The summed E-state index contributed by atoms with van der Waals surface area (Å²) in [6.45, 7) is 10.3. The molecular weight excluding hydrogens is 264 g/mol. The van der Waals surface area contributed by atoms with Crippen LogP contribution in [-0.2, 0) is 0 Å². The topological polar surface area (TPSA) is 70.3 Å². The molecule has 3 N–H and O–H groups in total. The van der Waals surface area contributed by atoms with Gasteiger partial charge in [-0.3, -0.25) is 4.90 Å². The maximum absolute atomic E-state index is 6.01. The van der Waals surface area contributed by atoms with Gasteiger partial charge in [0.25, 0.3) is 0 Å². The SMILES string of the molecule is Cc1c(N)nc(C(C)C)nc1NCC1CN(C)CCN1C. The molecule has 0 aromatic carbocycles. The molecule has 0 saturated carbocycles. The molecule has 1 fully saturated rings. The van der Waals surface area contributed by atoms with Crippen molar-refractivity contribution in [3.8, 4) is 0 Å². The van der Waals surface area contributed by atoms with Crippen LogP contribution in [0, 0.1) is 6.92 Å². The quantitative estimate of drug-likeness (QED) is 0.867. The van der Waals surface area contributed by atoms with Crippen molar-refractivity contribution < 1.29 is 0 Å². The number of rotatable bonds is 4. The molecule has 1 atom stereocenters. The van der Waals surface area contributed by atoms with E-state index in [0.29, 0.717) is 11.9 Å². The Balaban J connectivity index is 2.08. The van der Waals surface area contributed by atoms with Gasteiger partial charge in [-0.15, -0.1) is 0 Å². The summed E-state index contributed by atoms with van der Waals surface area (Å²) in [7, 11) is 4.35. The van der Waals surface area contributed by atoms with Crippen LogP contribution in [0.15, 0.2) is 0 Å². The Morgan fingerprint density at radius 1 is 1.29 bits per heavy atom. The van der Waals surface area contributed by atoms with Gasteiger partial charge in [-0.25, -0.2) is 9.97 Å². The number of hydrogen-bond donors (Lipinski definition) is 2. The van der Waals surface area contributed by atoms with Crippen molar-refractivity contribution in [1.29, 1.82) is 0 Å². The van der Waals surface area contributed by atoms with E-state index in [9.17, 15) is 0 Å². The molecule has 1 aliphatic rings. The lowest BCUT2D eigenvalue weighted by molar-refractivity contribution is 0.122. The number of likely N-dealkylation sites (N-methyl/N-ethyl adjacent to an activating group) is 2. The molecule has 0 spiro atoms. The maximum atomic E-state index is 6.01. The van der Waals surface area contributed by atoms with Crippen LogP contribution in [-0.4, -0.2) is 66.1 Å². The smallest absolute Gasteiger partial charge is 0.135 e. The molecule has 2 rings (SSSR count). The Kier molecular flexibility index (Phi) is 5.00. The summed E-state index contributed by atoms with van der Waals surface area (Å²) in [6.07, 6.45) is 0. The van der Waals surface area contributed by atoms with Crippen LogP contribution < -0.4 is 11.1 Å². The minimum Gasteiger partial charge on any atom is -0.383 e. The summed E-state index contributed by atoms with van der Waals surface area (Å²) < 4.78 is 0. The van der Waals surface area contributed by atoms with Crippen molar-refractivity contribution in [2.24, 2.45) is 0 Å². The molecule has 118 valence electrons. The van der Waals surface area contributed by atoms with Crippen molar-refractivity contribution >= 4 is 11.6 Å². The lowest BCUT2D eigenvalue weighted by Crippen LogP contribution is -2.52. The van der Waals surface area contributed by atoms with Gasteiger partial charge in [0.15, 0.2) is 0 Å². The molecule has 1 aromatic heterocycles. The van der Waals surface area contributed by atoms with Crippen LogP contribution in [0.3, 0.4) is 0 Å². The molecule has 2 heterocycles. The molecule has 0 aliphatic carbocycles. The molecule has 1 saturated heterocycles. The molecule has 1 unspecified atom stereocenters. The third kappa shape index (κ3) is 3.83. The fourth-order valence-electron chi connectivity index (χ4n) is 2.52. The van der Waals surface area contributed by atoms with Crippen LogP contribution in [0.1, 0.15) is 31.2 Å². The van der Waals surface area contributed by atoms with Crippen molar-refractivity contribution in [2.75, 3.05) is 51.3 Å². The first-order valence-electron chi connectivity index (χ1n) is 7.65. The molecule has 1 aromatic rings. The van der Waals surface area contributed by atoms with E-state index in [1.54, 1.807) is 0 Å². The van der Waals surface area contributed by atoms with Gasteiger partial charge in [-0.05, 0) is 21.0 Å². The fourth-order valence-corrected chi connectivity index (χ4v) is 2.52. The van der Waals surface area contributed by atoms with Gasteiger partial charge in [0.05, 0.1) is 0 Å². The highest BCUT2D eigenvalue weighted by Gasteiger charge is 2.22. The Hall–Kier alpha value is -1.40. The summed E-state index contributed by atoms with van der Waals surface area (Å²) in [4.78, 5) is 13.8. The van der Waals surface area contributed by atoms with E-state index in [0.717, 1.165) is 43.4 Å². The van der Waals surface area contributed by atoms with E-state index in [4.69, 9.17) is 5.73 Å². The summed E-state index contributed by atoms with van der Waals surface area (Å²) in [5.41, 5.74) is 6.94. The van der Waals surface area contributed by atoms with E-state index in [-0.39, 0.29) is 5.92 Å². The second-order valence-corrected chi connectivity index (χ2v) is 6.37. The van der Waals surface area contributed by atoms with Gasteiger partial charge >= 0.3 is 0 Å². The van der Waals surface area contributed by atoms with Gasteiger partial charge in [0, 0.05) is 43.7 Å². The summed E-state index contributed by atoms with van der Waals surface area (Å²) in [6, 6.07) is 0.488. The van der Waals surface area contributed by atoms with E-state index in [1.165, 1.54) is 0 Å². The van der Waals surface area contributed by atoms with Crippen molar-refractivity contribution in [3.63, 3.8) is 0 Å². The van der Waals surface area contributed by atoms with Crippen LogP contribution in [0.25, 0.3) is 0 Å². The molecule has 6 heteroatoms. The lowest BCUT2D eigenvalue weighted by Gasteiger charge is -2.37. The molecule has 0 radical (unpaired) electrons. The molecule has 6 nitrogen and oxygen atoms in total. The van der Waals surface area contributed by atoms with Crippen LogP contribution >= 0.6 is 0 Å². The van der Waals surface area contributed by atoms with Crippen LogP contribution in [0.2, 0.25) is 0 Å². The monoisotopic (exact) mass is 292 g/mol. The summed E-state index contributed by atoms with van der Waals surface area (Å²) >= 11 is 0. The predicted octanol–water partition coefficient (Wildman–Crippen LogP) is 1.15. The number of nitrogens with two attached hydrogens (primary N) is 1. The lowest BCUT2D eigenvalue weighted by atomic mass is 10.1. The summed E-state index contributed by atoms with van der Waals surface area (Å²) in [5.74, 6) is 2.52. The zero-order chi connectivity index (χ0) is 15.6. The average Bonchev–Trinajstić information content (AvgIpc) is 2.43.